The number of halogens is 8. The highest BCUT2D eigenvalue weighted by molar-refractivity contribution is 6.32. The summed E-state index contributed by atoms with van der Waals surface area (Å²) in [5, 5.41) is 8.98. The Bertz CT molecular complexity index is 1200. The number of nitrogens with zero attached hydrogens (tertiary/aromatic N) is 1. The summed E-state index contributed by atoms with van der Waals surface area (Å²) in [6.45, 7) is -2.38. The van der Waals surface area contributed by atoms with E-state index in [1.807, 2.05) is 0 Å². The van der Waals surface area contributed by atoms with E-state index in [4.69, 9.17) is 16.3 Å². The summed E-state index contributed by atoms with van der Waals surface area (Å²) < 4.78 is 100. The van der Waals surface area contributed by atoms with Crippen LogP contribution in [0.2, 0.25) is 5.02 Å². The second-order valence-electron chi connectivity index (χ2n) is 6.96. The van der Waals surface area contributed by atoms with Crippen LogP contribution in [0, 0.1) is 0 Å². The van der Waals surface area contributed by atoms with Crippen molar-refractivity contribution < 1.29 is 50.1 Å². The number of carbonyl (C=O) groups is 1. The Morgan fingerprint density at radius 1 is 0.941 bits per heavy atom. The van der Waals surface area contributed by atoms with Gasteiger partial charge in [-0.3, -0.25) is 0 Å². The molecular formula is C21H13ClF7NO4. The van der Waals surface area contributed by atoms with Crippen LogP contribution in [0.3, 0.4) is 0 Å². The minimum atomic E-state index is -6.50. The number of carboxylic acid groups (broad SMARTS) is 1. The molecule has 0 atom stereocenters. The summed E-state index contributed by atoms with van der Waals surface area (Å²) in [5.41, 5.74) is 0.144. The van der Waals surface area contributed by atoms with Gasteiger partial charge in [-0.15, -0.1) is 0 Å². The van der Waals surface area contributed by atoms with E-state index in [-0.39, 0.29) is 23.3 Å². The molecule has 13 heteroatoms. The van der Waals surface area contributed by atoms with Gasteiger partial charge < -0.3 is 14.6 Å². The summed E-state index contributed by atoms with van der Waals surface area (Å²) in [6.07, 6.45) is -6.50. The van der Waals surface area contributed by atoms with E-state index in [9.17, 15) is 40.6 Å². The van der Waals surface area contributed by atoms with Crippen molar-refractivity contribution in [2.24, 2.45) is 0 Å². The average Bonchev–Trinajstić information content (AvgIpc) is 2.75. The maximum atomic E-state index is 13.6. The van der Waals surface area contributed by atoms with Crippen LogP contribution in [-0.2, 0) is 6.61 Å². The molecule has 1 aromatic heterocycles. The highest BCUT2D eigenvalue weighted by Crippen LogP contribution is 2.47. The van der Waals surface area contributed by atoms with Crippen molar-refractivity contribution in [3.63, 3.8) is 0 Å². The Labute approximate surface area is 191 Å². The van der Waals surface area contributed by atoms with Gasteiger partial charge in [-0.2, -0.15) is 30.7 Å². The molecule has 2 aromatic carbocycles. The van der Waals surface area contributed by atoms with Gasteiger partial charge in [0.2, 0.25) is 0 Å². The number of fused-ring (bicyclic) bond motifs is 1. The summed E-state index contributed by atoms with van der Waals surface area (Å²) in [7, 11) is 0. The third-order valence-electron chi connectivity index (χ3n) is 4.50. The molecule has 0 fully saturated rings. The van der Waals surface area contributed by atoms with Gasteiger partial charge in [0.15, 0.2) is 18.1 Å². The summed E-state index contributed by atoms with van der Waals surface area (Å²) in [5.74, 6) is -14.3. The van der Waals surface area contributed by atoms with Gasteiger partial charge in [0, 0.05) is 5.39 Å². The number of alkyl halides is 7. The van der Waals surface area contributed by atoms with Crippen LogP contribution in [-0.4, -0.2) is 40.7 Å². The van der Waals surface area contributed by atoms with Gasteiger partial charge in [0.25, 0.3) is 0 Å². The van der Waals surface area contributed by atoms with Crippen molar-refractivity contribution in [1.29, 1.82) is 0 Å². The number of aromatic nitrogens is 1. The highest BCUT2D eigenvalue weighted by Gasteiger charge is 2.73. The molecule has 0 aliphatic heterocycles. The number of pyridine rings is 1. The first-order valence-corrected chi connectivity index (χ1v) is 9.60. The lowest BCUT2D eigenvalue weighted by molar-refractivity contribution is -0.358. The Morgan fingerprint density at radius 3 is 2.15 bits per heavy atom. The van der Waals surface area contributed by atoms with Gasteiger partial charge in [-0.05, 0) is 23.8 Å². The smallest absolute Gasteiger partial charge is 0.460 e. The minimum Gasteiger partial charge on any atom is -0.486 e. The van der Waals surface area contributed by atoms with E-state index < -0.39 is 47.1 Å². The summed E-state index contributed by atoms with van der Waals surface area (Å²) in [6, 6.07) is 11.7. The van der Waals surface area contributed by atoms with E-state index in [0.717, 1.165) is 12.1 Å². The van der Waals surface area contributed by atoms with Crippen LogP contribution in [0.1, 0.15) is 16.1 Å². The fraction of sp³-hybridized carbons (Fsp3) is 0.238. The van der Waals surface area contributed by atoms with Crippen molar-refractivity contribution in [2.45, 2.75) is 24.6 Å². The molecular weight excluding hydrogens is 499 g/mol. The van der Waals surface area contributed by atoms with Crippen molar-refractivity contribution in [3.8, 4) is 11.5 Å². The molecule has 3 aromatic rings. The number of hydrogen-bond acceptors (Lipinski definition) is 4. The number of benzene rings is 2. The van der Waals surface area contributed by atoms with Crippen molar-refractivity contribution in [1.82, 2.24) is 4.98 Å². The van der Waals surface area contributed by atoms with E-state index in [0.29, 0.717) is 5.56 Å². The van der Waals surface area contributed by atoms with Crippen LogP contribution in [0.5, 0.6) is 11.5 Å². The quantitative estimate of drug-likeness (QED) is 0.356. The zero-order valence-electron chi connectivity index (χ0n) is 16.7. The number of rotatable bonds is 8. The van der Waals surface area contributed by atoms with Crippen LogP contribution < -0.4 is 9.47 Å². The average molecular weight is 512 g/mol. The lowest BCUT2D eigenvalue weighted by Gasteiger charge is -2.28. The Balaban J connectivity index is 1.92. The number of hydrogen-bond donors (Lipinski definition) is 1. The normalized spacial score (nSPS) is 12.6. The molecule has 34 heavy (non-hydrogen) atoms. The van der Waals surface area contributed by atoms with Gasteiger partial charge >= 0.3 is 24.0 Å². The first-order chi connectivity index (χ1) is 15.7. The zero-order chi connectivity index (χ0) is 25.3. The molecule has 0 spiro atoms. The first-order valence-electron chi connectivity index (χ1n) is 9.22. The SMILES string of the molecule is O=C(O)c1nc2cc(Cl)c(OCC(F)(F)C(F)(F)C(F)(F)F)cc2cc1OCc1ccccc1. The van der Waals surface area contributed by atoms with Crippen molar-refractivity contribution >= 4 is 28.5 Å². The Hall–Kier alpha value is -3.28. The van der Waals surface area contributed by atoms with Crippen molar-refractivity contribution in [3.05, 3.63) is 64.8 Å². The molecule has 0 saturated carbocycles. The molecule has 1 N–H and O–H groups in total. The molecule has 0 amide bonds. The molecule has 0 radical (unpaired) electrons. The van der Waals surface area contributed by atoms with Gasteiger partial charge in [-0.1, -0.05) is 41.9 Å². The molecule has 0 aliphatic rings. The molecule has 5 nitrogen and oxygen atoms in total. The third-order valence-corrected chi connectivity index (χ3v) is 4.79. The first kappa shape index (κ1) is 25.3. The molecule has 0 aliphatic carbocycles. The van der Waals surface area contributed by atoms with Crippen molar-refractivity contribution in [2.75, 3.05) is 6.61 Å². The second kappa shape index (κ2) is 9.16. The highest BCUT2D eigenvalue weighted by atomic mass is 35.5. The Morgan fingerprint density at radius 2 is 1.56 bits per heavy atom. The van der Waals surface area contributed by atoms with Gasteiger partial charge in [0.1, 0.15) is 12.4 Å². The lowest BCUT2D eigenvalue weighted by atomic mass is 10.1. The predicted molar refractivity (Wildman–Crippen MR) is 106 cm³/mol. The predicted octanol–water partition coefficient (Wildman–Crippen LogP) is 6.38. The number of aromatic carboxylic acids is 1. The maximum absolute atomic E-state index is 13.6. The monoisotopic (exact) mass is 511 g/mol. The Kier molecular flexibility index (Phi) is 6.83. The molecule has 1 heterocycles. The van der Waals surface area contributed by atoms with E-state index in [1.165, 1.54) is 6.07 Å². The molecule has 182 valence electrons. The summed E-state index contributed by atoms with van der Waals surface area (Å²) >= 11 is 5.85. The standard InChI is InChI=1S/C21H13ClF7NO4/c22-13-8-14-12(6-15(13)34-10-19(23,24)20(25,26)21(27,28)29)7-16(17(30-14)18(31)32)33-9-11-4-2-1-3-5-11/h1-8H,9-10H2,(H,31,32). The van der Waals surface area contributed by atoms with Crippen LogP contribution in [0.4, 0.5) is 30.7 Å². The molecule has 3 rings (SSSR count). The van der Waals surface area contributed by atoms with Crippen LogP contribution in [0.25, 0.3) is 10.9 Å². The zero-order valence-corrected chi connectivity index (χ0v) is 17.4. The van der Waals surface area contributed by atoms with E-state index >= 15 is 0 Å². The molecule has 0 saturated heterocycles. The van der Waals surface area contributed by atoms with Crippen LogP contribution in [0.15, 0.2) is 48.5 Å². The van der Waals surface area contributed by atoms with E-state index in [1.54, 1.807) is 30.3 Å². The van der Waals surface area contributed by atoms with Gasteiger partial charge in [-0.25, -0.2) is 9.78 Å². The van der Waals surface area contributed by atoms with Crippen LogP contribution >= 0.6 is 11.6 Å². The largest absolute Gasteiger partial charge is 0.486 e. The fourth-order valence-corrected chi connectivity index (χ4v) is 2.94. The maximum Gasteiger partial charge on any atom is 0.460 e. The topological polar surface area (TPSA) is 68.7 Å². The molecule has 0 unspecified atom stereocenters. The van der Waals surface area contributed by atoms with Gasteiger partial charge in [0.05, 0.1) is 10.5 Å². The lowest BCUT2D eigenvalue weighted by Crippen LogP contribution is -2.54. The third kappa shape index (κ3) is 5.11. The number of ether oxygens (including phenoxy) is 2. The molecule has 0 bridgehead atoms. The van der Waals surface area contributed by atoms with E-state index in [2.05, 4.69) is 9.72 Å². The fourth-order valence-electron chi connectivity index (χ4n) is 2.73. The minimum absolute atomic E-state index is 0.0401. The number of carboxylic acids is 1. The second-order valence-corrected chi connectivity index (χ2v) is 7.36. The summed E-state index contributed by atoms with van der Waals surface area (Å²) in [4.78, 5) is 15.5.